The average Bonchev–Trinajstić information content (AvgIpc) is 2.97. The minimum atomic E-state index is -0.155. The third-order valence-corrected chi connectivity index (χ3v) is 3.71. The fourth-order valence-electron chi connectivity index (χ4n) is 2.67. The molecule has 20 heavy (non-hydrogen) atoms. The van der Waals surface area contributed by atoms with Crippen LogP contribution < -0.4 is 5.32 Å². The van der Waals surface area contributed by atoms with Gasteiger partial charge in [-0.25, -0.2) is 0 Å². The van der Waals surface area contributed by atoms with Crippen LogP contribution in [-0.4, -0.2) is 17.6 Å². The summed E-state index contributed by atoms with van der Waals surface area (Å²) in [4.78, 5) is 11.9. The van der Waals surface area contributed by atoms with Crippen LogP contribution in [0.15, 0.2) is 24.3 Å². The maximum atomic E-state index is 11.9. The number of anilines is 1. The Morgan fingerprint density at radius 1 is 1.35 bits per heavy atom. The SMILES string of the molecule is O=C(CCC1CCCC1)Nc1cccc(C#CCO)c1. The van der Waals surface area contributed by atoms with E-state index in [1.165, 1.54) is 25.7 Å². The number of carbonyl (C=O) groups is 1. The van der Waals surface area contributed by atoms with Crippen LogP contribution in [0.1, 0.15) is 44.1 Å². The van der Waals surface area contributed by atoms with E-state index in [1.54, 1.807) is 0 Å². The molecule has 1 fully saturated rings. The number of hydrogen-bond donors (Lipinski definition) is 2. The van der Waals surface area contributed by atoms with Gasteiger partial charge in [-0.2, -0.15) is 0 Å². The average molecular weight is 271 g/mol. The van der Waals surface area contributed by atoms with Gasteiger partial charge in [0.1, 0.15) is 6.61 Å². The molecule has 106 valence electrons. The molecule has 0 unspecified atom stereocenters. The molecule has 1 saturated carbocycles. The molecule has 1 aromatic carbocycles. The molecule has 0 spiro atoms. The van der Waals surface area contributed by atoms with Gasteiger partial charge in [-0.3, -0.25) is 4.79 Å². The van der Waals surface area contributed by atoms with Gasteiger partial charge < -0.3 is 10.4 Å². The highest BCUT2D eigenvalue weighted by Crippen LogP contribution is 2.28. The van der Waals surface area contributed by atoms with Crippen LogP contribution >= 0.6 is 0 Å². The summed E-state index contributed by atoms with van der Waals surface area (Å²) in [5.41, 5.74) is 1.57. The summed E-state index contributed by atoms with van der Waals surface area (Å²) in [5, 5.41) is 11.6. The van der Waals surface area contributed by atoms with Gasteiger partial charge in [0.25, 0.3) is 0 Å². The Morgan fingerprint density at radius 3 is 2.90 bits per heavy atom. The molecule has 3 nitrogen and oxygen atoms in total. The molecule has 2 rings (SSSR count). The number of hydrogen-bond acceptors (Lipinski definition) is 2. The largest absolute Gasteiger partial charge is 0.384 e. The van der Waals surface area contributed by atoms with Gasteiger partial charge >= 0.3 is 0 Å². The highest BCUT2D eigenvalue weighted by Gasteiger charge is 2.16. The van der Waals surface area contributed by atoms with Crippen LogP contribution in [0.2, 0.25) is 0 Å². The van der Waals surface area contributed by atoms with Gasteiger partial charge in [0.15, 0.2) is 0 Å². The molecule has 1 amide bonds. The van der Waals surface area contributed by atoms with Gasteiger partial charge in [-0.1, -0.05) is 43.6 Å². The van der Waals surface area contributed by atoms with Crippen molar-refractivity contribution in [3.8, 4) is 11.8 Å². The Balaban J connectivity index is 1.83. The Bertz CT molecular complexity index is 507. The van der Waals surface area contributed by atoms with E-state index in [0.29, 0.717) is 6.42 Å². The number of nitrogens with one attached hydrogen (secondary N) is 1. The molecule has 0 atom stereocenters. The third kappa shape index (κ3) is 4.71. The Hall–Kier alpha value is -1.79. The van der Waals surface area contributed by atoms with Gasteiger partial charge in [0.05, 0.1) is 0 Å². The lowest BCUT2D eigenvalue weighted by Gasteiger charge is -2.09. The van der Waals surface area contributed by atoms with Crippen molar-refractivity contribution in [1.29, 1.82) is 0 Å². The molecule has 3 heteroatoms. The van der Waals surface area contributed by atoms with Crippen LogP contribution in [0.25, 0.3) is 0 Å². The predicted molar refractivity (Wildman–Crippen MR) is 80.2 cm³/mol. The van der Waals surface area contributed by atoms with Crippen molar-refractivity contribution < 1.29 is 9.90 Å². The summed E-state index contributed by atoms with van der Waals surface area (Å²) in [6.07, 6.45) is 6.78. The van der Waals surface area contributed by atoms with Crippen molar-refractivity contribution in [1.82, 2.24) is 0 Å². The summed E-state index contributed by atoms with van der Waals surface area (Å²) in [5.74, 6) is 6.25. The molecular formula is C17H21NO2. The lowest BCUT2D eigenvalue weighted by Crippen LogP contribution is -2.12. The molecule has 1 aliphatic carbocycles. The zero-order valence-electron chi connectivity index (χ0n) is 11.7. The highest BCUT2D eigenvalue weighted by molar-refractivity contribution is 5.90. The second-order valence-electron chi connectivity index (χ2n) is 5.28. The Morgan fingerprint density at radius 2 is 2.15 bits per heavy atom. The first-order valence-electron chi connectivity index (χ1n) is 7.27. The number of carbonyl (C=O) groups excluding carboxylic acids is 1. The van der Waals surface area contributed by atoms with E-state index in [1.807, 2.05) is 24.3 Å². The van der Waals surface area contributed by atoms with E-state index in [-0.39, 0.29) is 12.5 Å². The Kier molecular flexibility index (Phi) is 5.64. The number of aliphatic hydroxyl groups is 1. The number of aliphatic hydroxyl groups excluding tert-OH is 1. The van der Waals surface area contributed by atoms with Crippen molar-refractivity contribution in [2.75, 3.05) is 11.9 Å². The maximum absolute atomic E-state index is 11.9. The summed E-state index contributed by atoms with van der Waals surface area (Å²) < 4.78 is 0. The number of benzene rings is 1. The summed E-state index contributed by atoms with van der Waals surface area (Å²) >= 11 is 0. The van der Waals surface area contributed by atoms with E-state index < -0.39 is 0 Å². The molecule has 0 aliphatic heterocycles. The van der Waals surface area contributed by atoms with Crippen LogP contribution in [0, 0.1) is 17.8 Å². The van der Waals surface area contributed by atoms with E-state index in [0.717, 1.165) is 23.6 Å². The van der Waals surface area contributed by atoms with Crippen molar-refractivity contribution in [3.63, 3.8) is 0 Å². The zero-order valence-corrected chi connectivity index (χ0v) is 11.7. The molecule has 0 heterocycles. The summed E-state index contributed by atoms with van der Waals surface area (Å²) in [6, 6.07) is 7.40. The van der Waals surface area contributed by atoms with E-state index in [9.17, 15) is 4.79 Å². The molecule has 0 radical (unpaired) electrons. The first-order valence-corrected chi connectivity index (χ1v) is 7.27. The standard InChI is InChI=1S/C17H21NO2/c19-12-4-8-15-7-3-9-16(13-15)18-17(20)11-10-14-5-1-2-6-14/h3,7,9,13-14,19H,1-2,5-6,10-12H2,(H,18,20). The fraction of sp³-hybridized carbons (Fsp3) is 0.471. The van der Waals surface area contributed by atoms with Gasteiger partial charge in [0, 0.05) is 17.7 Å². The fourth-order valence-corrected chi connectivity index (χ4v) is 2.67. The lowest BCUT2D eigenvalue weighted by molar-refractivity contribution is -0.116. The van der Waals surface area contributed by atoms with E-state index >= 15 is 0 Å². The maximum Gasteiger partial charge on any atom is 0.224 e. The highest BCUT2D eigenvalue weighted by atomic mass is 16.2. The monoisotopic (exact) mass is 271 g/mol. The molecule has 1 aliphatic rings. The predicted octanol–water partition coefficient (Wildman–Crippen LogP) is 2.94. The minimum absolute atomic E-state index is 0.0733. The zero-order chi connectivity index (χ0) is 14.2. The normalized spacial score (nSPS) is 14.7. The molecule has 1 aromatic rings. The third-order valence-electron chi connectivity index (χ3n) is 3.71. The lowest BCUT2D eigenvalue weighted by atomic mass is 10.0. The van der Waals surface area contributed by atoms with Crippen LogP contribution in [0.3, 0.4) is 0 Å². The number of rotatable bonds is 4. The molecule has 2 N–H and O–H groups in total. The second kappa shape index (κ2) is 7.72. The minimum Gasteiger partial charge on any atom is -0.384 e. The van der Waals surface area contributed by atoms with Crippen LogP contribution in [0.5, 0.6) is 0 Å². The topological polar surface area (TPSA) is 49.3 Å². The molecular weight excluding hydrogens is 250 g/mol. The first-order chi connectivity index (χ1) is 9.78. The second-order valence-corrected chi connectivity index (χ2v) is 5.28. The first kappa shape index (κ1) is 14.6. The van der Waals surface area contributed by atoms with Gasteiger partial charge in [-0.15, -0.1) is 0 Å². The number of amides is 1. The molecule has 0 saturated heterocycles. The molecule has 0 aromatic heterocycles. The smallest absolute Gasteiger partial charge is 0.224 e. The van der Waals surface area contributed by atoms with E-state index in [4.69, 9.17) is 5.11 Å². The van der Waals surface area contributed by atoms with Crippen molar-refractivity contribution >= 4 is 11.6 Å². The quantitative estimate of drug-likeness (QED) is 0.827. The molecule has 0 bridgehead atoms. The van der Waals surface area contributed by atoms with Crippen molar-refractivity contribution in [3.05, 3.63) is 29.8 Å². The van der Waals surface area contributed by atoms with Crippen LogP contribution in [0.4, 0.5) is 5.69 Å². The van der Waals surface area contributed by atoms with Crippen LogP contribution in [-0.2, 0) is 4.79 Å². The Labute approximate surface area is 120 Å². The van der Waals surface area contributed by atoms with Crippen molar-refractivity contribution in [2.45, 2.75) is 38.5 Å². The van der Waals surface area contributed by atoms with E-state index in [2.05, 4.69) is 17.2 Å². The van der Waals surface area contributed by atoms with Gasteiger partial charge in [0.2, 0.25) is 5.91 Å². The summed E-state index contributed by atoms with van der Waals surface area (Å²) in [6.45, 7) is -0.155. The van der Waals surface area contributed by atoms with Gasteiger partial charge in [-0.05, 0) is 30.5 Å². The summed E-state index contributed by atoms with van der Waals surface area (Å²) in [7, 11) is 0. The van der Waals surface area contributed by atoms with Crippen molar-refractivity contribution in [2.24, 2.45) is 5.92 Å².